The number of nitrogens with zero attached hydrogens (tertiary/aromatic N) is 2. The second kappa shape index (κ2) is 5.73. The maximum Gasteiger partial charge on any atom is 0.228 e. The average molecular weight is 269 g/mol. The number of halogens is 1. The van der Waals surface area contributed by atoms with Gasteiger partial charge in [0.2, 0.25) is 11.7 Å². The van der Waals surface area contributed by atoms with E-state index in [2.05, 4.69) is 10.1 Å². The summed E-state index contributed by atoms with van der Waals surface area (Å²) in [6, 6.07) is 5.44. The Hall–Kier alpha value is -1.75. The van der Waals surface area contributed by atoms with Gasteiger partial charge in [0.15, 0.2) is 11.5 Å². The van der Waals surface area contributed by atoms with Crippen LogP contribution in [0.4, 0.5) is 0 Å². The number of ether oxygens (including phenoxy) is 2. The van der Waals surface area contributed by atoms with Crippen LogP contribution in [-0.4, -0.2) is 30.2 Å². The number of benzene rings is 1. The molecule has 0 fully saturated rings. The lowest BCUT2D eigenvalue weighted by Crippen LogP contribution is -1.91. The molecule has 1 aromatic carbocycles. The molecule has 5 nitrogen and oxygen atoms in total. The molecule has 0 aliphatic rings. The number of hydrogen-bond donors (Lipinski definition) is 0. The minimum Gasteiger partial charge on any atom is -0.493 e. The van der Waals surface area contributed by atoms with Crippen molar-refractivity contribution in [3.05, 3.63) is 24.1 Å². The van der Waals surface area contributed by atoms with E-state index < -0.39 is 0 Å². The van der Waals surface area contributed by atoms with Gasteiger partial charge in [-0.1, -0.05) is 5.16 Å². The van der Waals surface area contributed by atoms with Crippen LogP contribution in [-0.2, 0) is 6.42 Å². The molecule has 18 heavy (non-hydrogen) atoms. The molecule has 0 unspecified atom stereocenters. The van der Waals surface area contributed by atoms with Crippen molar-refractivity contribution < 1.29 is 14.0 Å². The molecule has 0 amide bonds. The molecule has 0 spiro atoms. The van der Waals surface area contributed by atoms with Crippen LogP contribution in [0.15, 0.2) is 22.7 Å². The number of methoxy groups -OCH3 is 2. The highest BCUT2D eigenvalue weighted by atomic mass is 35.5. The molecular weight excluding hydrogens is 256 g/mol. The first-order valence-electron chi connectivity index (χ1n) is 5.39. The molecule has 0 aliphatic carbocycles. The van der Waals surface area contributed by atoms with E-state index in [1.807, 2.05) is 6.07 Å². The third-order valence-corrected chi connectivity index (χ3v) is 2.61. The Labute approximate surface area is 110 Å². The summed E-state index contributed by atoms with van der Waals surface area (Å²) < 4.78 is 15.5. The molecular formula is C12H13ClN2O3. The lowest BCUT2D eigenvalue weighted by molar-refractivity contribution is 0.355. The van der Waals surface area contributed by atoms with Crippen LogP contribution in [0.2, 0.25) is 0 Å². The van der Waals surface area contributed by atoms with Gasteiger partial charge in [-0.15, -0.1) is 11.6 Å². The number of alkyl halides is 1. The van der Waals surface area contributed by atoms with Crippen molar-refractivity contribution in [1.82, 2.24) is 10.1 Å². The summed E-state index contributed by atoms with van der Waals surface area (Å²) in [6.07, 6.45) is 0.557. The van der Waals surface area contributed by atoms with Crippen LogP contribution in [0, 0.1) is 0 Å². The van der Waals surface area contributed by atoms with Crippen molar-refractivity contribution in [2.24, 2.45) is 0 Å². The first-order valence-corrected chi connectivity index (χ1v) is 5.93. The Morgan fingerprint density at radius 3 is 2.67 bits per heavy atom. The van der Waals surface area contributed by atoms with E-state index in [9.17, 15) is 0 Å². The van der Waals surface area contributed by atoms with Crippen molar-refractivity contribution in [2.45, 2.75) is 6.42 Å². The Kier molecular flexibility index (Phi) is 4.04. The molecule has 0 aliphatic heterocycles. The molecule has 0 N–H and O–H groups in total. The highest BCUT2D eigenvalue weighted by Gasteiger charge is 2.11. The molecule has 1 aromatic heterocycles. The van der Waals surface area contributed by atoms with Crippen molar-refractivity contribution in [1.29, 1.82) is 0 Å². The summed E-state index contributed by atoms with van der Waals surface area (Å²) in [5.41, 5.74) is 0.803. The standard InChI is InChI=1S/C12H13ClN2O3/c1-16-9-4-3-8(7-10(9)17-2)12-14-11(5-6-13)18-15-12/h3-4,7H,5-6H2,1-2H3. The van der Waals surface area contributed by atoms with Gasteiger partial charge in [-0.05, 0) is 18.2 Å². The van der Waals surface area contributed by atoms with Gasteiger partial charge in [0.05, 0.1) is 14.2 Å². The van der Waals surface area contributed by atoms with Gasteiger partial charge in [-0.2, -0.15) is 4.98 Å². The third kappa shape index (κ3) is 2.56. The maximum absolute atomic E-state index is 5.61. The average Bonchev–Trinajstić information content (AvgIpc) is 2.87. The predicted molar refractivity (Wildman–Crippen MR) is 67.3 cm³/mol. The van der Waals surface area contributed by atoms with Gasteiger partial charge in [0.25, 0.3) is 0 Å². The van der Waals surface area contributed by atoms with Gasteiger partial charge in [0, 0.05) is 17.9 Å². The van der Waals surface area contributed by atoms with Gasteiger partial charge in [-0.3, -0.25) is 0 Å². The van der Waals surface area contributed by atoms with E-state index in [-0.39, 0.29) is 0 Å². The number of hydrogen-bond acceptors (Lipinski definition) is 5. The molecule has 0 bridgehead atoms. The summed E-state index contributed by atoms with van der Waals surface area (Å²) >= 11 is 5.61. The zero-order valence-corrected chi connectivity index (χ0v) is 10.9. The normalized spacial score (nSPS) is 10.4. The van der Waals surface area contributed by atoms with Crippen LogP contribution in [0.5, 0.6) is 11.5 Å². The minimum absolute atomic E-state index is 0.452. The van der Waals surface area contributed by atoms with E-state index in [0.29, 0.717) is 35.5 Å². The SMILES string of the molecule is COc1ccc(-c2noc(CCCl)n2)cc1OC. The highest BCUT2D eigenvalue weighted by Crippen LogP contribution is 2.31. The molecule has 2 aromatic rings. The lowest BCUT2D eigenvalue weighted by Gasteiger charge is -2.07. The fourth-order valence-electron chi connectivity index (χ4n) is 1.53. The van der Waals surface area contributed by atoms with E-state index in [0.717, 1.165) is 5.56 Å². The summed E-state index contributed by atoms with van der Waals surface area (Å²) in [5.74, 6) is 2.77. The summed E-state index contributed by atoms with van der Waals surface area (Å²) in [6.45, 7) is 0. The van der Waals surface area contributed by atoms with Gasteiger partial charge in [0.1, 0.15) is 0 Å². The van der Waals surface area contributed by atoms with E-state index in [4.69, 9.17) is 25.6 Å². The molecule has 1 heterocycles. The molecule has 0 radical (unpaired) electrons. The molecule has 6 heteroatoms. The number of aryl methyl sites for hydroxylation is 1. The summed E-state index contributed by atoms with van der Waals surface area (Å²) in [5, 5.41) is 3.89. The van der Waals surface area contributed by atoms with Crippen LogP contribution < -0.4 is 9.47 Å². The van der Waals surface area contributed by atoms with Crippen LogP contribution in [0.25, 0.3) is 11.4 Å². The van der Waals surface area contributed by atoms with Crippen molar-refractivity contribution >= 4 is 11.6 Å². The van der Waals surface area contributed by atoms with Crippen LogP contribution in [0.3, 0.4) is 0 Å². The Morgan fingerprint density at radius 2 is 2.00 bits per heavy atom. The van der Waals surface area contributed by atoms with Gasteiger partial charge in [-0.25, -0.2) is 0 Å². The van der Waals surface area contributed by atoms with Gasteiger partial charge >= 0.3 is 0 Å². The Balaban J connectivity index is 2.31. The Morgan fingerprint density at radius 1 is 1.22 bits per heavy atom. The molecule has 96 valence electrons. The monoisotopic (exact) mass is 268 g/mol. The largest absolute Gasteiger partial charge is 0.493 e. The number of aromatic nitrogens is 2. The third-order valence-electron chi connectivity index (χ3n) is 2.42. The van der Waals surface area contributed by atoms with Crippen molar-refractivity contribution in [3.63, 3.8) is 0 Å². The Bertz CT molecular complexity index is 528. The van der Waals surface area contributed by atoms with Gasteiger partial charge < -0.3 is 14.0 Å². The van der Waals surface area contributed by atoms with Crippen LogP contribution in [0.1, 0.15) is 5.89 Å². The first-order chi connectivity index (χ1) is 8.78. The quantitative estimate of drug-likeness (QED) is 0.780. The molecule has 0 saturated carbocycles. The highest BCUT2D eigenvalue weighted by molar-refractivity contribution is 6.17. The zero-order chi connectivity index (χ0) is 13.0. The number of rotatable bonds is 5. The fraction of sp³-hybridized carbons (Fsp3) is 0.333. The smallest absolute Gasteiger partial charge is 0.228 e. The molecule has 0 atom stereocenters. The van der Waals surface area contributed by atoms with E-state index >= 15 is 0 Å². The topological polar surface area (TPSA) is 57.4 Å². The predicted octanol–water partition coefficient (Wildman–Crippen LogP) is 2.54. The fourth-order valence-corrected chi connectivity index (χ4v) is 1.69. The second-order valence-corrected chi connectivity index (χ2v) is 3.90. The minimum atomic E-state index is 0.452. The van der Waals surface area contributed by atoms with Crippen molar-refractivity contribution in [2.75, 3.05) is 20.1 Å². The maximum atomic E-state index is 5.61. The van der Waals surface area contributed by atoms with E-state index in [1.54, 1.807) is 26.4 Å². The van der Waals surface area contributed by atoms with Crippen molar-refractivity contribution in [3.8, 4) is 22.9 Å². The summed E-state index contributed by atoms with van der Waals surface area (Å²) in [7, 11) is 3.17. The molecule has 2 rings (SSSR count). The van der Waals surface area contributed by atoms with Crippen LogP contribution >= 0.6 is 11.6 Å². The summed E-state index contributed by atoms with van der Waals surface area (Å²) in [4.78, 5) is 4.24. The lowest BCUT2D eigenvalue weighted by atomic mass is 10.2. The first kappa shape index (κ1) is 12.7. The second-order valence-electron chi connectivity index (χ2n) is 3.52. The van der Waals surface area contributed by atoms with E-state index in [1.165, 1.54) is 0 Å². The zero-order valence-electron chi connectivity index (χ0n) is 10.1. The molecule has 0 saturated heterocycles.